The molecule has 9 heteroatoms. The Bertz CT molecular complexity index is 1090. The van der Waals surface area contributed by atoms with Gasteiger partial charge in [-0.15, -0.1) is 0 Å². The van der Waals surface area contributed by atoms with Crippen molar-refractivity contribution in [3.63, 3.8) is 0 Å². The molecule has 1 heterocycles. The van der Waals surface area contributed by atoms with Crippen molar-refractivity contribution in [2.75, 3.05) is 33.3 Å². The molecule has 1 aliphatic rings. The lowest BCUT2D eigenvalue weighted by molar-refractivity contribution is 0.275. The van der Waals surface area contributed by atoms with Gasteiger partial charge in [0.2, 0.25) is 20.0 Å². The third-order valence-electron chi connectivity index (χ3n) is 4.79. The van der Waals surface area contributed by atoms with E-state index < -0.39 is 20.0 Å². The first-order valence-electron chi connectivity index (χ1n) is 9.12. The molecule has 0 radical (unpaired) electrons. The molecule has 0 bridgehead atoms. The molecule has 3 rings (SSSR count). The van der Waals surface area contributed by atoms with E-state index in [1.807, 2.05) is 30.3 Å². The lowest BCUT2D eigenvalue weighted by atomic mass is 10.2. The molecule has 0 amide bonds. The molecule has 2 aromatic rings. The Morgan fingerprint density at radius 2 is 1.52 bits per heavy atom. The van der Waals surface area contributed by atoms with Crippen LogP contribution in [0.15, 0.2) is 58.8 Å². The Hall–Kier alpha value is -2.20. The number of methoxy groups -OCH3 is 1. The summed E-state index contributed by atoms with van der Waals surface area (Å²) in [5, 5.41) is 1.17. The van der Waals surface area contributed by atoms with Gasteiger partial charge in [-0.1, -0.05) is 30.3 Å². The van der Waals surface area contributed by atoms with E-state index in [1.54, 1.807) is 25.1 Å². The molecule has 1 saturated heterocycles. The standard InChI is InChI=1S/C20H24N2O5S2/c1-17-16-19(27-2)8-9-20(17)29(25,26)22-13-11-21(12-14-22)28(23,24)15-10-18-6-4-3-5-7-18/h3-10,15-16H,11-14H2,1-2H3. The zero-order chi connectivity index (χ0) is 21.1. The lowest BCUT2D eigenvalue weighted by Gasteiger charge is -2.32. The average Bonchev–Trinajstić information content (AvgIpc) is 2.73. The summed E-state index contributed by atoms with van der Waals surface area (Å²) in [4.78, 5) is 0.207. The summed E-state index contributed by atoms with van der Waals surface area (Å²) in [7, 11) is -5.80. The van der Waals surface area contributed by atoms with Crippen LogP contribution in [0.2, 0.25) is 0 Å². The number of ether oxygens (including phenoxy) is 1. The Morgan fingerprint density at radius 3 is 2.10 bits per heavy atom. The van der Waals surface area contributed by atoms with Crippen LogP contribution in [0.5, 0.6) is 5.75 Å². The van der Waals surface area contributed by atoms with Crippen LogP contribution in [-0.2, 0) is 20.0 Å². The molecule has 29 heavy (non-hydrogen) atoms. The van der Waals surface area contributed by atoms with Crippen LogP contribution in [0.25, 0.3) is 6.08 Å². The number of benzene rings is 2. The van der Waals surface area contributed by atoms with Crippen LogP contribution in [0.3, 0.4) is 0 Å². The summed E-state index contributed by atoms with van der Waals surface area (Å²) in [6.45, 7) is 2.13. The van der Waals surface area contributed by atoms with E-state index in [4.69, 9.17) is 4.74 Å². The van der Waals surface area contributed by atoms with Gasteiger partial charge in [0.1, 0.15) is 5.75 Å². The normalized spacial score (nSPS) is 16.9. The fraction of sp³-hybridized carbons (Fsp3) is 0.300. The van der Waals surface area contributed by atoms with Crippen LogP contribution in [-0.4, -0.2) is 58.7 Å². The van der Waals surface area contributed by atoms with E-state index >= 15 is 0 Å². The van der Waals surface area contributed by atoms with Gasteiger partial charge in [0.15, 0.2) is 0 Å². The molecule has 0 aromatic heterocycles. The maximum atomic E-state index is 13.0. The van der Waals surface area contributed by atoms with Gasteiger partial charge in [0.25, 0.3) is 0 Å². The van der Waals surface area contributed by atoms with Crippen LogP contribution >= 0.6 is 0 Å². The van der Waals surface area contributed by atoms with E-state index in [0.717, 1.165) is 5.56 Å². The zero-order valence-corrected chi connectivity index (χ0v) is 18.0. The summed E-state index contributed by atoms with van der Waals surface area (Å²) in [6.07, 6.45) is 1.54. The zero-order valence-electron chi connectivity index (χ0n) is 16.4. The fourth-order valence-electron chi connectivity index (χ4n) is 3.16. The van der Waals surface area contributed by atoms with E-state index in [9.17, 15) is 16.8 Å². The average molecular weight is 437 g/mol. The van der Waals surface area contributed by atoms with Crippen molar-refractivity contribution in [1.29, 1.82) is 0 Å². The van der Waals surface area contributed by atoms with Crippen molar-refractivity contribution < 1.29 is 21.6 Å². The second kappa shape index (κ2) is 8.66. The first-order valence-corrected chi connectivity index (χ1v) is 12.1. The molecule has 0 N–H and O–H groups in total. The molecule has 0 atom stereocenters. The molecule has 0 aliphatic carbocycles. The Morgan fingerprint density at radius 1 is 0.897 bits per heavy atom. The van der Waals surface area contributed by atoms with Gasteiger partial charge in [-0.05, 0) is 42.3 Å². The molecule has 2 aromatic carbocycles. The first-order chi connectivity index (χ1) is 13.7. The maximum absolute atomic E-state index is 13.0. The van der Waals surface area contributed by atoms with Gasteiger partial charge in [0, 0.05) is 31.6 Å². The molecule has 0 saturated carbocycles. The number of sulfonamides is 2. The maximum Gasteiger partial charge on any atom is 0.243 e. The van der Waals surface area contributed by atoms with Crippen LogP contribution in [0.4, 0.5) is 0 Å². The van der Waals surface area contributed by atoms with Crippen LogP contribution in [0.1, 0.15) is 11.1 Å². The second-order valence-electron chi connectivity index (χ2n) is 6.69. The van der Waals surface area contributed by atoms with Gasteiger partial charge in [-0.3, -0.25) is 0 Å². The van der Waals surface area contributed by atoms with Crippen molar-refractivity contribution >= 4 is 26.1 Å². The van der Waals surface area contributed by atoms with Crippen molar-refractivity contribution in [1.82, 2.24) is 8.61 Å². The number of aryl methyl sites for hydroxylation is 1. The van der Waals surface area contributed by atoms with Gasteiger partial charge in [-0.25, -0.2) is 16.8 Å². The smallest absolute Gasteiger partial charge is 0.243 e. The second-order valence-corrected chi connectivity index (χ2v) is 10.4. The number of hydrogen-bond donors (Lipinski definition) is 0. The molecule has 0 spiro atoms. The summed E-state index contributed by atoms with van der Waals surface area (Å²) < 4.78 is 58.8. The Balaban J connectivity index is 1.70. The molecule has 7 nitrogen and oxygen atoms in total. The van der Waals surface area contributed by atoms with Crippen LogP contribution in [0, 0.1) is 6.92 Å². The molecular weight excluding hydrogens is 412 g/mol. The predicted octanol–water partition coefficient (Wildman–Crippen LogP) is 2.31. The summed E-state index contributed by atoms with van der Waals surface area (Å²) in [6, 6.07) is 13.9. The highest BCUT2D eigenvalue weighted by Crippen LogP contribution is 2.25. The number of piperazine rings is 1. The largest absolute Gasteiger partial charge is 0.497 e. The number of nitrogens with zero attached hydrogens (tertiary/aromatic N) is 2. The highest BCUT2D eigenvalue weighted by Gasteiger charge is 2.32. The van der Waals surface area contributed by atoms with Crippen LogP contribution < -0.4 is 4.74 Å². The van der Waals surface area contributed by atoms with Crippen molar-refractivity contribution in [2.45, 2.75) is 11.8 Å². The van der Waals surface area contributed by atoms with Gasteiger partial charge in [0.05, 0.1) is 12.0 Å². The SMILES string of the molecule is COc1ccc(S(=O)(=O)N2CCN(S(=O)(=O)C=Cc3ccccc3)CC2)c(C)c1. The van der Waals surface area contributed by atoms with E-state index in [1.165, 1.54) is 27.2 Å². The quantitative estimate of drug-likeness (QED) is 0.694. The lowest BCUT2D eigenvalue weighted by Crippen LogP contribution is -2.50. The number of hydrogen-bond acceptors (Lipinski definition) is 5. The molecule has 1 aliphatic heterocycles. The molecule has 156 valence electrons. The topological polar surface area (TPSA) is 84.0 Å². The minimum atomic E-state index is -3.70. The van der Waals surface area contributed by atoms with E-state index in [0.29, 0.717) is 11.3 Å². The van der Waals surface area contributed by atoms with Crippen molar-refractivity contribution in [3.8, 4) is 5.75 Å². The van der Waals surface area contributed by atoms with Gasteiger partial charge >= 0.3 is 0 Å². The molecular formula is C20H24N2O5S2. The minimum absolute atomic E-state index is 0.103. The summed E-state index contributed by atoms with van der Waals surface area (Å²) in [5.74, 6) is 0.586. The highest BCUT2D eigenvalue weighted by molar-refractivity contribution is 7.92. The van der Waals surface area contributed by atoms with E-state index in [2.05, 4.69) is 0 Å². The summed E-state index contributed by atoms with van der Waals surface area (Å²) >= 11 is 0. The Kier molecular flexibility index (Phi) is 6.42. The third kappa shape index (κ3) is 4.87. The first kappa shape index (κ1) is 21.5. The molecule has 0 unspecified atom stereocenters. The Labute approximate surface area is 172 Å². The third-order valence-corrected chi connectivity index (χ3v) is 8.41. The van der Waals surface area contributed by atoms with Gasteiger partial charge in [-0.2, -0.15) is 8.61 Å². The van der Waals surface area contributed by atoms with E-state index in [-0.39, 0.29) is 31.1 Å². The van der Waals surface area contributed by atoms with Gasteiger partial charge < -0.3 is 4.74 Å². The summed E-state index contributed by atoms with van der Waals surface area (Å²) in [5.41, 5.74) is 1.37. The highest BCUT2D eigenvalue weighted by atomic mass is 32.2. The number of rotatable bonds is 6. The minimum Gasteiger partial charge on any atom is -0.497 e. The molecule has 1 fully saturated rings. The van der Waals surface area contributed by atoms with Crippen molar-refractivity contribution in [3.05, 3.63) is 65.1 Å². The van der Waals surface area contributed by atoms with Crippen molar-refractivity contribution in [2.24, 2.45) is 0 Å². The fourth-order valence-corrected chi connectivity index (χ4v) is 5.96. The monoisotopic (exact) mass is 436 g/mol. The predicted molar refractivity (Wildman–Crippen MR) is 112 cm³/mol.